The van der Waals surface area contributed by atoms with Gasteiger partial charge in [-0.05, 0) is 87.4 Å². The first-order valence-electron chi connectivity index (χ1n) is 11.4. The first-order chi connectivity index (χ1) is 15.6. The summed E-state index contributed by atoms with van der Waals surface area (Å²) in [7, 11) is 0. The average Bonchev–Trinajstić information content (AvgIpc) is 2.80. The van der Waals surface area contributed by atoms with E-state index < -0.39 is 12.1 Å². The molecule has 4 heteroatoms. The summed E-state index contributed by atoms with van der Waals surface area (Å²) in [6.07, 6.45) is 8.63. The molecule has 0 saturated carbocycles. The molecule has 0 fully saturated rings. The number of pyridine rings is 1. The zero-order valence-corrected chi connectivity index (χ0v) is 19.7. The smallest absolute Gasteiger partial charge is 0.335 e. The predicted molar refractivity (Wildman–Crippen MR) is 132 cm³/mol. The Morgan fingerprint density at radius 2 is 1.61 bits per heavy atom. The standard InChI is InChI=1S/C29H31NO3/c1-28(2)13-14-29(3,4)26-23(20-11-15-30-16-12-20)17-22(18-24(26)28)25(31)10-7-19-5-8-21(9-6-19)27(32)33/h5-12,15-18,25,31H,13-14H2,1-4H3,(H,32,33)/b10-7+. The third-order valence-electron chi connectivity index (χ3n) is 6.90. The van der Waals surface area contributed by atoms with Gasteiger partial charge in [-0.1, -0.05) is 58.0 Å². The molecule has 0 saturated heterocycles. The maximum atomic E-state index is 11.1. The Bertz CT molecular complexity index is 1190. The molecule has 1 aliphatic rings. The molecule has 0 amide bonds. The molecule has 33 heavy (non-hydrogen) atoms. The van der Waals surface area contributed by atoms with E-state index in [1.54, 1.807) is 30.3 Å². The van der Waals surface area contributed by atoms with Gasteiger partial charge in [0.1, 0.15) is 0 Å². The van der Waals surface area contributed by atoms with Crippen LogP contribution in [-0.2, 0) is 10.8 Å². The van der Waals surface area contributed by atoms with Gasteiger partial charge in [0.25, 0.3) is 0 Å². The van der Waals surface area contributed by atoms with Crippen LogP contribution in [0.3, 0.4) is 0 Å². The number of aliphatic hydroxyl groups excluding tert-OH is 1. The molecule has 3 aromatic rings. The van der Waals surface area contributed by atoms with Gasteiger partial charge in [-0.2, -0.15) is 0 Å². The Kier molecular flexibility index (Phi) is 5.98. The van der Waals surface area contributed by atoms with E-state index in [1.807, 2.05) is 30.6 Å². The lowest BCUT2D eigenvalue weighted by molar-refractivity contribution is 0.0697. The molecule has 0 radical (unpaired) electrons. The Balaban J connectivity index is 1.78. The number of fused-ring (bicyclic) bond motifs is 1. The van der Waals surface area contributed by atoms with E-state index in [1.165, 1.54) is 11.1 Å². The summed E-state index contributed by atoms with van der Waals surface area (Å²) in [6, 6.07) is 15.0. The van der Waals surface area contributed by atoms with Gasteiger partial charge in [0, 0.05) is 12.4 Å². The lowest BCUT2D eigenvalue weighted by atomic mass is 9.61. The SMILES string of the molecule is CC1(C)CCC(C)(C)c2c(-c3ccncc3)cc(C(O)/C=C/c3ccc(C(=O)O)cc3)cc21. The van der Waals surface area contributed by atoms with Gasteiger partial charge in [0.2, 0.25) is 0 Å². The van der Waals surface area contributed by atoms with Crippen LogP contribution < -0.4 is 0 Å². The second kappa shape index (κ2) is 8.60. The average molecular weight is 442 g/mol. The van der Waals surface area contributed by atoms with Crippen LogP contribution in [0.2, 0.25) is 0 Å². The van der Waals surface area contributed by atoms with Gasteiger partial charge in [0.05, 0.1) is 11.7 Å². The van der Waals surface area contributed by atoms with Crippen molar-refractivity contribution in [3.8, 4) is 11.1 Å². The fraction of sp³-hybridized carbons (Fsp3) is 0.310. The van der Waals surface area contributed by atoms with Crippen LogP contribution in [0.5, 0.6) is 0 Å². The molecular weight excluding hydrogens is 410 g/mol. The van der Waals surface area contributed by atoms with Gasteiger partial charge in [-0.25, -0.2) is 4.79 Å². The van der Waals surface area contributed by atoms with Crippen LogP contribution in [0.4, 0.5) is 0 Å². The van der Waals surface area contributed by atoms with Crippen molar-refractivity contribution in [2.24, 2.45) is 0 Å². The summed E-state index contributed by atoms with van der Waals surface area (Å²) in [5.41, 5.74) is 6.89. The highest BCUT2D eigenvalue weighted by atomic mass is 16.4. The number of aromatic nitrogens is 1. The number of carboxylic acid groups (broad SMARTS) is 1. The van der Waals surface area contributed by atoms with Gasteiger partial charge >= 0.3 is 5.97 Å². The normalized spacial score (nSPS) is 17.5. The monoisotopic (exact) mass is 441 g/mol. The van der Waals surface area contributed by atoms with E-state index in [9.17, 15) is 9.90 Å². The second-order valence-electron chi connectivity index (χ2n) is 10.2. The minimum absolute atomic E-state index is 0.0126. The number of nitrogens with zero attached hydrogens (tertiary/aromatic N) is 1. The van der Waals surface area contributed by atoms with E-state index in [0.29, 0.717) is 0 Å². The summed E-state index contributed by atoms with van der Waals surface area (Å²) < 4.78 is 0. The van der Waals surface area contributed by atoms with Gasteiger partial charge in [-0.15, -0.1) is 0 Å². The second-order valence-corrected chi connectivity index (χ2v) is 10.2. The van der Waals surface area contributed by atoms with Crippen LogP contribution in [0.15, 0.2) is 67.0 Å². The largest absolute Gasteiger partial charge is 0.478 e. The molecule has 1 aromatic heterocycles. The summed E-state index contributed by atoms with van der Waals surface area (Å²) in [5, 5.41) is 20.2. The quantitative estimate of drug-likeness (QED) is 0.471. The molecule has 1 atom stereocenters. The number of carbonyl (C=O) groups is 1. The highest BCUT2D eigenvalue weighted by molar-refractivity contribution is 5.87. The van der Waals surface area contributed by atoms with Crippen LogP contribution in [0.25, 0.3) is 17.2 Å². The summed E-state index contributed by atoms with van der Waals surface area (Å²) in [4.78, 5) is 15.3. The van der Waals surface area contributed by atoms with Crippen molar-refractivity contribution >= 4 is 12.0 Å². The minimum Gasteiger partial charge on any atom is -0.478 e. The molecule has 2 N–H and O–H groups in total. The van der Waals surface area contributed by atoms with Crippen molar-refractivity contribution in [1.29, 1.82) is 0 Å². The van der Waals surface area contributed by atoms with Crippen LogP contribution in [0.1, 0.15) is 79.3 Å². The number of benzene rings is 2. The number of aromatic carboxylic acids is 1. The van der Waals surface area contributed by atoms with E-state index in [0.717, 1.165) is 35.1 Å². The van der Waals surface area contributed by atoms with Crippen LogP contribution in [0, 0.1) is 0 Å². The molecule has 0 aliphatic heterocycles. The maximum Gasteiger partial charge on any atom is 0.335 e. The molecule has 1 heterocycles. The van der Waals surface area contributed by atoms with Crippen LogP contribution in [-0.4, -0.2) is 21.2 Å². The zero-order chi connectivity index (χ0) is 23.8. The summed E-state index contributed by atoms with van der Waals surface area (Å²) >= 11 is 0. The highest BCUT2D eigenvalue weighted by Crippen LogP contribution is 2.50. The Morgan fingerprint density at radius 1 is 0.970 bits per heavy atom. The lowest BCUT2D eigenvalue weighted by Gasteiger charge is -2.43. The molecule has 0 bridgehead atoms. The number of aliphatic hydroxyl groups is 1. The Labute approximate surface area is 195 Å². The number of hydrogen-bond acceptors (Lipinski definition) is 3. The van der Waals surface area contributed by atoms with E-state index in [-0.39, 0.29) is 16.4 Å². The number of carboxylic acids is 1. The van der Waals surface area contributed by atoms with Gasteiger partial charge in [0.15, 0.2) is 0 Å². The molecule has 4 rings (SSSR count). The summed E-state index contributed by atoms with van der Waals surface area (Å²) in [6.45, 7) is 9.19. The third kappa shape index (κ3) is 4.62. The molecule has 2 aromatic carbocycles. The first-order valence-corrected chi connectivity index (χ1v) is 11.4. The Hall–Kier alpha value is -3.24. The van der Waals surface area contributed by atoms with Gasteiger partial charge < -0.3 is 10.2 Å². The Morgan fingerprint density at radius 3 is 2.24 bits per heavy atom. The first kappa shape index (κ1) is 22.9. The van der Waals surface area contributed by atoms with Crippen molar-refractivity contribution in [3.63, 3.8) is 0 Å². The zero-order valence-electron chi connectivity index (χ0n) is 19.7. The van der Waals surface area contributed by atoms with Crippen molar-refractivity contribution in [2.45, 2.75) is 57.5 Å². The number of rotatable bonds is 5. The molecular formula is C29H31NO3. The fourth-order valence-corrected chi connectivity index (χ4v) is 4.79. The topological polar surface area (TPSA) is 70.4 Å². The molecule has 0 spiro atoms. The molecule has 4 nitrogen and oxygen atoms in total. The number of hydrogen-bond donors (Lipinski definition) is 2. The highest BCUT2D eigenvalue weighted by Gasteiger charge is 2.39. The van der Waals surface area contributed by atoms with Crippen molar-refractivity contribution in [2.75, 3.05) is 0 Å². The van der Waals surface area contributed by atoms with Gasteiger partial charge in [-0.3, -0.25) is 4.98 Å². The van der Waals surface area contributed by atoms with E-state index in [4.69, 9.17) is 5.11 Å². The van der Waals surface area contributed by atoms with E-state index in [2.05, 4.69) is 44.8 Å². The van der Waals surface area contributed by atoms with Crippen molar-refractivity contribution in [3.05, 3.63) is 94.8 Å². The van der Waals surface area contributed by atoms with Crippen molar-refractivity contribution < 1.29 is 15.0 Å². The minimum atomic E-state index is -0.950. The third-order valence-corrected chi connectivity index (χ3v) is 6.90. The molecule has 1 aliphatic carbocycles. The maximum absolute atomic E-state index is 11.1. The predicted octanol–water partition coefficient (Wildman–Crippen LogP) is 6.54. The molecule has 170 valence electrons. The molecule has 1 unspecified atom stereocenters. The van der Waals surface area contributed by atoms with E-state index >= 15 is 0 Å². The summed E-state index contributed by atoms with van der Waals surface area (Å²) in [5.74, 6) is -0.950. The van der Waals surface area contributed by atoms with Crippen molar-refractivity contribution in [1.82, 2.24) is 4.98 Å². The fourth-order valence-electron chi connectivity index (χ4n) is 4.79. The van der Waals surface area contributed by atoms with Crippen LogP contribution >= 0.6 is 0 Å². The lowest BCUT2D eigenvalue weighted by Crippen LogP contribution is -2.34.